The molecule has 9 heteroatoms. The van der Waals surface area contributed by atoms with Gasteiger partial charge in [-0.05, 0) is 70.8 Å². The highest BCUT2D eigenvalue weighted by Gasteiger charge is 2.04. The van der Waals surface area contributed by atoms with Crippen molar-refractivity contribution >= 4 is 23.9 Å². The van der Waals surface area contributed by atoms with Crippen LogP contribution >= 0.6 is 0 Å². The summed E-state index contributed by atoms with van der Waals surface area (Å²) in [5, 5.41) is 0. The van der Waals surface area contributed by atoms with Crippen molar-refractivity contribution in [1.29, 1.82) is 0 Å². The van der Waals surface area contributed by atoms with Crippen molar-refractivity contribution in [3.63, 3.8) is 0 Å². The van der Waals surface area contributed by atoms with Gasteiger partial charge in [-0.25, -0.2) is 0 Å². The summed E-state index contributed by atoms with van der Waals surface area (Å²) >= 11 is 0. The minimum absolute atomic E-state index is 0. The number of hydrogen-bond acceptors (Lipinski definition) is 8. The summed E-state index contributed by atoms with van der Waals surface area (Å²) in [5.74, 6) is 0.671. The van der Waals surface area contributed by atoms with Crippen LogP contribution in [0, 0.1) is 0 Å². The number of hydrogen-bond donors (Lipinski definition) is 0. The molecule has 0 aliphatic heterocycles. The quantitative estimate of drug-likeness (QED) is 0.221. The van der Waals surface area contributed by atoms with Crippen LogP contribution in [-0.2, 0) is 19.2 Å². The fourth-order valence-corrected chi connectivity index (χ4v) is 3.53. The van der Waals surface area contributed by atoms with Gasteiger partial charge in [-0.1, -0.05) is 48.5 Å². The van der Waals surface area contributed by atoms with Crippen LogP contribution in [0.25, 0.3) is 22.3 Å². The molecule has 0 fully saturated rings. The van der Waals surface area contributed by atoms with E-state index in [0.717, 1.165) is 22.3 Å². The zero-order valence-electron chi connectivity index (χ0n) is 23.0. The largest absolute Gasteiger partial charge is 0.427 e. The highest BCUT2D eigenvalue weighted by Crippen LogP contribution is 2.26. The highest BCUT2D eigenvalue weighted by molar-refractivity contribution is 5.73. The zero-order chi connectivity index (χ0) is 29.1. The van der Waals surface area contributed by atoms with Crippen molar-refractivity contribution in [2.24, 2.45) is 0 Å². The van der Waals surface area contributed by atoms with Gasteiger partial charge >= 0.3 is 23.9 Å². The van der Waals surface area contributed by atoms with Crippen molar-refractivity contribution in [3.8, 4) is 45.3 Å². The Morgan fingerprint density at radius 3 is 0.610 bits per heavy atom. The second-order valence-corrected chi connectivity index (χ2v) is 8.47. The summed E-state index contributed by atoms with van der Waals surface area (Å²) in [7, 11) is 0. The average Bonchev–Trinajstić information content (AvgIpc) is 2.90. The molecule has 0 spiro atoms. The lowest BCUT2D eigenvalue weighted by molar-refractivity contribution is -0.132. The Kier molecular flexibility index (Phi) is 12.0. The maximum atomic E-state index is 10.8. The Bertz CT molecular complexity index is 1230. The van der Waals surface area contributed by atoms with Gasteiger partial charge in [-0.2, -0.15) is 0 Å². The molecule has 212 valence electrons. The van der Waals surface area contributed by atoms with Crippen molar-refractivity contribution in [1.82, 2.24) is 0 Å². The van der Waals surface area contributed by atoms with Gasteiger partial charge in [0.15, 0.2) is 0 Å². The Morgan fingerprint density at radius 1 is 0.341 bits per heavy atom. The number of esters is 4. The molecule has 2 N–H and O–H groups in total. The summed E-state index contributed by atoms with van der Waals surface area (Å²) in [6.07, 6.45) is 0. The van der Waals surface area contributed by atoms with Crippen LogP contribution in [-0.4, -0.2) is 29.4 Å². The second-order valence-electron chi connectivity index (χ2n) is 8.47. The summed E-state index contributed by atoms with van der Waals surface area (Å²) in [6.45, 7) is 5.45. The molecule has 0 bridgehead atoms. The lowest BCUT2D eigenvalue weighted by Crippen LogP contribution is -2.01. The van der Waals surface area contributed by atoms with Crippen LogP contribution in [0.4, 0.5) is 0 Å². The van der Waals surface area contributed by atoms with Gasteiger partial charge in [0.1, 0.15) is 23.0 Å². The summed E-state index contributed by atoms with van der Waals surface area (Å²) in [6, 6.07) is 28.7. The average molecular weight is 559 g/mol. The number of benzene rings is 4. The third-order valence-corrected chi connectivity index (χ3v) is 5.13. The van der Waals surface area contributed by atoms with E-state index in [2.05, 4.69) is 0 Å². The van der Waals surface area contributed by atoms with Crippen LogP contribution < -0.4 is 18.9 Å². The molecule has 0 aliphatic rings. The second kappa shape index (κ2) is 15.3. The maximum Gasteiger partial charge on any atom is 0.308 e. The van der Waals surface area contributed by atoms with E-state index in [9.17, 15) is 19.2 Å². The van der Waals surface area contributed by atoms with Crippen LogP contribution in [0.5, 0.6) is 23.0 Å². The van der Waals surface area contributed by atoms with Gasteiger partial charge in [0.2, 0.25) is 0 Å². The van der Waals surface area contributed by atoms with Gasteiger partial charge in [0.05, 0.1) is 0 Å². The van der Waals surface area contributed by atoms with E-state index >= 15 is 0 Å². The molecule has 0 unspecified atom stereocenters. The van der Waals surface area contributed by atoms with E-state index in [1.807, 2.05) is 48.5 Å². The van der Waals surface area contributed by atoms with Crippen LogP contribution in [0.3, 0.4) is 0 Å². The number of carbonyl (C=O) groups is 4. The molecular weight excluding hydrogens is 528 g/mol. The molecule has 0 saturated heterocycles. The van der Waals surface area contributed by atoms with Gasteiger partial charge in [-0.3, -0.25) is 19.2 Å². The molecule has 41 heavy (non-hydrogen) atoms. The topological polar surface area (TPSA) is 137 Å². The molecule has 4 rings (SSSR count). The van der Waals surface area contributed by atoms with Crippen LogP contribution in [0.2, 0.25) is 0 Å². The molecule has 0 radical (unpaired) electrons. The van der Waals surface area contributed by atoms with E-state index in [1.165, 1.54) is 27.7 Å². The van der Waals surface area contributed by atoms with E-state index in [4.69, 9.17) is 18.9 Å². The van der Waals surface area contributed by atoms with Gasteiger partial charge in [0.25, 0.3) is 0 Å². The fraction of sp³-hybridized carbons (Fsp3) is 0.125. The molecule has 0 aromatic heterocycles. The van der Waals surface area contributed by atoms with Gasteiger partial charge in [-0.15, -0.1) is 0 Å². The summed E-state index contributed by atoms with van der Waals surface area (Å²) in [5.41, 5.74) is 3.93. The molecule has 4 aromatic carbocycles. The number of ether oxygens (including phenoxy) is 4. The van der Waals surface area contributed by atoms with Crippen molar-refractivity contribution in [2.45, 2.75) is 27.7 Å². The monoisotopic (exact) mass is 558 g/mol. The normalized spacial score (nSPS) is 9.66. The van der Waals surface area contributed by atoms with Gasteiger partial charge < -0.3 is 24.4 Å². The predicted molar refractivity (Wildman–Crippen MR) is 153 cm³/mol. The predicted octanol–water partition coefficient (Wildman–Crippen LogP) is 5.58. The molecule has 0 amide bonds. The summed E-state index contributed by atoms with van der Waals surface area (Å²) in [4.78, 5) is 43.3. The molecule has 4 aromatic rings. The van der Waals surface area contributed by atoms with Gasteiger partial charge in [0, 0.05) is 27.7 Å². The van der Waals surface area contributed by atoms with E-state index in [0.29, 0.717) is 23.0 Å². The first-order valence-electron chi connectivity index (χ1n) is 12.2. The van der Waals surface area contributed by atoms with E-state index < -0.39 is 0 Å². The SMILES string of the molecule is CC(=O)Oc1ccc(-c2ccc(OC(C)=O)cc2)cc1.CC(=O)Oc1ccc(-c2ccc(OC(C)=O)cc2)cc1.O. The fourth-order valence-electron chi connectivity index (χ4n) is 3.53. The summed E-state index contributed by atoms with van der Waals surface area (Å²) < 4.78 is 19.9. The molecular formula is C32H30O9. The van der Waals surface area contributed by atoms with Crippen LogP contribution in [0.15, 0.2) is 97.1 Å². The smallest absolute Gasteiger partial charge is 0.308 e. The molecule has 0 aliphatic carbocycles. The molecule has 0 atom stereocenters. The standard InChI is InChI=1S/2C16H14O4.H2O/c2*1-11(17)19-15-7-3-13(4-8-15)14-5-9-16(10-6-14)20-12(2)18;/h2*3-10H,1-2H3;1H2. The zero-order valence-corrected chi connectivity index (χ0v) is 23.0. The minimum Gasteiger partial charge on any atom is -0.427 e. The Labute approximate surface area is 237 Å². The third-order valence-electron chi connectivity index (χ3n) is 5.13. The molecule has 9 nitrogen and oxygen atoms in total. The van der Waals surface area contributed by atoms with E-state index in [-0.39, 0.29) is 29.4 Å². The first kappa shape index (κ1) is 31.9. The van der Waals surface area contributed by atoms with Crippen molar-refractivity contribution in [2.75, 3.05) is 0 Å². The third kappa shape index (κ3) is 10.8. The highest BCUT2D eigenvalue weighted by atomic mass is 16.5. The Morgan fingerprint density at radius 2 is 0.488 bits per heavy atom. The molecule has 0 saturated carbocycles. The van der Waals surface area contributed by atoms with Crippen molar-refractivity contribution in [3.05, 3.63) is 97.1 Å². The lowest BCUT2D eigenvalue weighted by atomic mass is 10.1. The number of carbonyl (C=O) groups excluding carboxylic acids is 4. The minimum atomic E-state index is -0.344. The Hall–Kier alpha value is -5.28. The molecule has 0 heterocycles. The maximum absolute atomic E-state index is 10.8. The number of rotatable bonds is 6. The first-order valence-corrected chi connectivity index (χ1v) is 12.2. The Balaban J connectivity index is 0.000000280. The van der Waals surface area contributed by atoms with Crippen LogP contribution in [0.1, 0.15) is 27.7 Å². The van der Waals surface area contributed by atoms with E-state index in [1.54, 1.807) is 48.5 Å². The first-order chi connectivity index (χ1) is 19.1. The lowest BCUT2D eigenvalue weighted by Gasteiger charge is -2.06. The van der Waals surface area contributed by atoms with Crippen molar-refractivity contribution < 1.29 is 43.6 Å².